The second kappa shape index (κ2) is 5.88. The average Bonchev–Trinajstić information content (AvgIpc) is 2.20. The third-order valence-corrected chi connectivity index (χ3v) is 2.50. The number of halogens is 1. The van der Waals surface area contributed by atoms with E-state index in [-0.39, 0.29) is 12.6 Å². The molecule has 0 bridgehead atoms. The Hall–Kier alpha value is -0.870. The maximum atomic E-state index is 8.92. The van der Waals surface area contributed by atoms with Crippen LogP contribution in [0.3, 0.4) is 0 Å². The smallest absolute Gasteiger partial charge is 0.171 e. The zero-order valence-electron chi connectivity index (χ0n) is 8.94. The van der Waals surface area contributed by atoms with Crippen molar-refractivity contribution in [1.29, 1.82) is 0 Å². The van der Waals surface area contributed by atoms with Crippen molar-refractivity contribution in [1.82, 2.24) is 9.97 Å². The minimum Gasteiger partial charge on any atom is -0.396 e. The van der Waals surface area contributed by atoms with Gasteiger partial charge in [-0.3, -0.25) is 0 Å². The van der Waals surface area contributed by atoms with Gasteiger partial charge in [-0.05, 0) is 12.3 Å². The predicted octanol–water partition coefficient (Wildman–Crippen LogP) is 1.95. The predicted molar refractivity (Wildman–Crippen MR) is 61.0 cm³/mol. The summed E-state index contributed by atoms with van der Waals surface area (Å²) in [6.45, 7) is 4.31. The van der Waals surface area contributed by atoms with Crippen LogP contribution in [-0.4, -0.2) is 27.7 Å². The van der Waals surface area contributed by atoms with Crippen LogP contribution in [0.1, 0.15) is 20.3 Å². The molecular formula is C10H16ClN3O. The lowest BCUT2D eigenvalue weighted by molar-refractivity contribution is 0.267. The maximum absolute atomic E-state index is 8.92. The molecule has 1 atom stereocenters. The Bertz CT molecular complexity index is 306. The van der Waals surface area contributed by atoms with Gasteiger partial charge in [0.1, 0.15) is 0 Å². The van der Waals surface area contributed by atoms with E-state index < -0.39 is 0 Å². The number of rotatable bonds is 5. The molecule has 1 aromatic rings. The maximum Gasteiger partial charge on any atom is 0.171 e. The summed E-state index contributed by atoms with van der Waals surface area (Å²) in [7, 11) is 0. The van der Waals surface area contributed by atoms with E-state index in [4.69, 9.17) is 16.7 Å². The number of aliphatic hydroxyl groups is 1. The molecule has 0 aliphatic heterocycles. The van der Waals surface area contributed by atoms with Gasteiger partial charge in [0.05, 0.1) is 0 Å². The van der Waals surface area contributed by atoms with Gasteiger partial charge >= 0.3 is 0 Å². The Balaban J connectivity index is 2.69. The molecule has 0 aliphatic carbocycles. The second-order valence-electron chi connectivity index (χ2n) is 3.70. The summed E-state index contributed by atoms with van der Waals surface area (Å²) < 4.78 is 0. The zero-order chi connectivity index (χ0) is 11.3. The van der Waals surface area contributed by atoms with Gasteiger partial charge in [0.2, 0.25) is 0 Å². The summed E-state index contributed by atoms with van der Waals surface area (Å²) in [5, 5.41) is 12.5. The number of aromatic nitrogens is 2. The van der Waals surface area contributed by atoms with Crippen molar-refractivity contribution in [2.24, 2.45) is 5.92 Å². The van der Waals surface area contributed by atoms with Crippen LogP contribution in [0.4, 0.5) is 5.82 Å². The van der Waals surface area contributed by atoms with Crippen molar-refractivity contribution >= 4 is 17.4 Å². The highest BCUT2D eigenvalue weighted by molar-refractivity contribution is 6.31. The molecule has 0 saturated heterocycles. The van der Waals surface area contributed by atoms with Gasteiger partial charge in [-0.1, -0.05) is 25.4 Å². The topological polar surface area (TPSA) is 58.0 Å². The lowest BCUT2D eigenvalue weighted by Crippen LogP contribution is -2.27. The van der Waals surface area contributed by atoms with Crippen LogP contribution in [0.25, 0.3) is 0 Å². The van der Waals surface area contributed by atoms with E-state index in [1.807, 2.05) is 0 Å². The Kier molecular flexibility index (Phi) is 4.78. The molecule has 2 N–H and O–H groups in total. The molecule has 84 valence electrons. The molecule has 1 aromatic heterocycles. The van der Waals surface area contributed by atoms with E-state index in [9.17, 15) is 0 Å². The van der Waals surface area contributed by atoms with E-state index in [2.05, 4.69) is 29.1 Å². The summed E-state index contributed by atoms with van der Waals surface area (Å²) in [6.07, 6.45) is 3.80. The molecule has 4 nitrogen and oxygen atoms in total. The van der Waals surface area contributed by atoms with Crippen molar-refractivity contribution in [3.8, 4) is 0 Å². The van der Waals surface area contributed by atoms with E-state index >= 15 is 0 Å². The molecule has 5 heteroatoms. The molecule has 0 aliphatic rings. The van der Waals surface area contributed by atoms with Crippen LogP contribution in [0.15, 0.2) is 12.4 Å². The number of nitrogens with zero attached hydrogens (tertiary/aromatic N) is 2. The van der Waals surface area contributed by atoms with Gasteiger partial charge in [-0.15, -0.1) is 0 Å². The van der Waals surface area contributed by atoms with E-state index in [0.717, 1.165) is 0 Å². The largest absolute Gasteiger partial charge is 0.396 e. The van der Waals surface area contributed by atoms with Gasteiger partial charge in [-0.25, -0.2) is 9.97 Å². The molecule has 1 rings (SSSR count). The second-order valence-corrected chi connectivity index (χ2v) is 4.06. The first-order chi connectivity index (χ1) is 7.15. The monoisotopic (exact) mass is 229 g/mol. The van der Waals surface area contributed by atoms with Gasteiger partial charge in [-0.2, -0.15) is 0 Å². The summed E-state index contributed by atoms with van der Waals surface area (Å²) in [5.74, 6) is 0.974. The van der Waals surface area contributed by atoms with Crippen LogP contribution in [-0.2, 0) is 0 Å². The third kappa shape index (κ3) is 3.64. The minimum absolute atomic E-state index is 0.147. The van der Waals surface area contributed by atoms with Crippen LogP contribution >= 0.6 is 11.6 Å². The molecular weight excluding hydrogens is 214 g/mol. The number of hydrogen-bond acceptors (Lipinski definition) is 4. The highest BCUT2D eigenvalue weighted by Gasteiger charge is 2.14. The highest BCUT2D eigenvalue weighted by Crippen LogP contribution is 2.18. The Morgan fingerprint density at radius 3 is 2.60 bits per heavy atom. The first kappa shape index (κ1) is 12.2. The van der Waals surface area contributed by atoms with Crippen LogP contribution in [0.2, 0.25) is 5.15 Å². The number of hydrogen-bond donors (Lipinski definition) is 2. The Labute approximate surface area is 94.7 Å². The Morgan fingerprint density at radius 1 is 1.40 bits per heavy atom. The first-order valence-corrected chi connectivity index (χ1v) is 5.37. The summed E-state index contributed by atoms with van der Waals surface area (Å²) in [5.41, 5.74) is 0. The number of anilines is 1. The van der Waals surface area contributed by atoms with E-state index in [0.29, 0.717) is 23.3 Å². The lowest BCUT2D eigenvalue weighted by atomic mass is 10.0. The van der Waals surface area contributed by atoms with Crippen molar-refractivity contribution in [3.05, 3.63) is 17.5 Å². The first-order valence-electron chi connectivity index (χ1n) is 4.99. The fourth-order valence-corrected chi connectivity index (χ4v) is 1.46. The molecule has 1 heterocycles. The highest BCUT2D eigenvalue weighted by atomic mass is 35.5. The van der Waals surface area contributed by atoms with Gasteiger partial charge in [0.15, 0.2) is 11.0 Å². The molecule has 0 amide bonds. The van der Waals surface area contributed by atoms with Crippen molar-refractivity contribution in [2.75, 3.05) is 11.9 Å². The quantitative estimate of drug-likeness (QED) is 0.810. The molecule has 0 saturated carbocycles. The molecule has 15 heavy (non-hydrogen) atoms. The summed E-state index contributed by atoms with van der Waals surface area (Å²) in [4.78, 5) is 8.03. The SMILES string of the molecule is CC(C)C(CCO)Nc1nccnc1Cl. The summed E-state index contributed by atoms with van der Waals surface area (Å²) >= 11 is 5.87. The standard InChI is InChI=1S/C10H16ClN3O/c1-7(2)8(3-6-15)14-10-9(11)12-4-5-13-10/h4-5,7-8,15H,3,6H2,1-2H3,(H,13,14). The average molecular weight is 230 g/mol. The van der Waals surface area contributed by atoms with Crippen molar-refractivity contribution in [2.45, 2.75) is 26.3 Å². The van der Waals surface area contributed by atoms with Crippen LogP contribution in [0.5, 0.6) is 0 Å². The van der Waals surface area contributed by atoms with Crippen molar-refractivity contribution in [3.63, 3.8) is 0 Å². The molecule has 1 unspecified atom stereocenters. The van der Waals surface area contributed by atoms with Gasteiger partial charge in [0.25, 0.3) is 0 Å². The van der Waals surface area contributed by atoms with E-state index in [1.54, 1.807) is 12.4 Å². The van der Waals surface area contributed by atoms with E-state index in [1.165, 1.54) is 0 Å². The van der Waals surface area contributed by atoms with Crippen LogP contribution in [0, 0.1) is 5.92 Å². The third-order valence-electron chi connectivity index (χ3n) is 2.22. The van der Waals surface area contributed by atoms with Crippen LogP contribution < -0.4 is 5.32 Å². The normalized spacial score (nSPS) is 12.9. The fraction of sp³-hybridized carbons (Fsp3) is 0.600. The number of nitrogens with one attached hydrogen (secondary N) is 1. The Morgan fingerprint density at radius 2 is 2.07 bits per heavy atom. The minimum atomic E-state index is 0.147. The van der Waals surface area contributed by atoms with Crippen molar-refractivity contribution < 1.29 is 5.11 Å². The molecule has 0 aromatic carbocycles. The molecule has 0 radical (unpaired) electrons. The van der Waals surface area contributed by atoms with Gasteiger partial charge < -0.3 is 10.4 Å². The molecule has 0 fully saturated rings. The zero-order valence-corrected chi connectivity index (χ0v) is 9.70. The summed E-state index contributed by atoms with van der Waals surface area (Å²) in [6, 6.07) is 0.157. The molecule has 0 spiro atoms. The lowest BCUT2D eigenvalue weighted by Gasteiger charge is -2.22. The fourth-order valence-electron chi connectivity index (χ4n) is 1.30. The van der Waals surface area contributed by atoms with Gasteiger partial charge in [0, 0.05) is 25.0 Å². The number of aliphatic hydroxyl groups excluding tert-OH is 1.